The van der Waals surface area contributed by atoms with E-state index in [0.29, 0.717) is 0 Å². The molecular weight excluding hydrogens is 379 g/mol. The van der Waals surface area contributed by atoms with Crippen molar-refractivity contribution in [3.8, 4) is 22.3 Å². The van der Waals surface area contributed by atoms with Crippen molar-refractivity contribution in [3.05, 3.63) is 81.4 Å². The van der Waals surface area contributed by atoms with E-state index >= 15 is 0 Å². The summed E-state index contributed by atoms with van der Waals surface area (Å²) < 4.78 is 1.30. The number of rotatable bonds is 1. The molecule has 0 aliphatic heterocycles. The number of hydrogen-bond donors (Lipinski definition) is 0. The van der Waals surface area contributed by atoms with E-state index in [2.05, 4.69) is 103 Å². The zero-order valence-electron chi connectivity index (χ0n) is 12.7. The third kappa shape index (κ3) is 1.95. The van der Waals surface area contributed by atoms with Gasteiger partial charge in [0.2, 0.25) is 0 Å². The first-order chi connectivity index (χ1) is 10.6. The molecule has 0 atom stereocenters. The van der Waals surface area contributed by atoms with Crippen LogP contribution in [0, 0.1) is 3.57 Å². The smallest absolute Gasteiger partial charge is 0.0208 e. The maximum absolute atomic E-state index is 2.42. The second-order valence-electron chi connectivity index (χ2n) is 6.41. The van der Waals surface area contributed by atoms with Gasteiger partial charge in [0.1, 0.15) is 0 Å². The van der Waals surface area contributed by atoms with E-state index in [4.69, 9.17) is 0 Å². The van der Waals surface area contributed by atoms with Crippen molar-refractivity contribution in [2.24, 2.45) is 0 Å². The van der Waals surface area contributed by atoms with Crippen LogP contribution in [0.3, 0.4) is 0 Å². The molecule has 0 aromatic heterocycles. The fraction of sp³-hybridized carbons (Fsp3) is 0.143. The third-order valence-corrected chi connectivity index (χ3v) is 5.71. The lowest BCUT2D eigenvalue weighted by Crippen LogP contribution is -2.14. The van der Waals surface area contributed by atoms with E-state index in [1.54, 1.807) is 0 Å². The van der Waals surface area contributed by atoms with Crippen molar-refractivity contribution in [1.29, 1.82) is 0 Å². The number of hydrogen-bond acceptors (Lipinski definition) is 0. The maximum Gasteiger partial charge on any atom is 0.0208 e. The van der Waals surface area contributed by atoms with Gasteiger partial charge in [0.15, 0.2) is 0 Å². The summed E-state index contributed by atoms with van der Waals surface area (Å²) in [5.74, 6) is 0. The Kier molecular flexibility index (Phi) is 3.15. The molecule has 0 radical (unpaired) electrons. The lowest BCUT2D eigenvalue weighted by Gasteiger charge is -2.22. The fourth-order valence-corrected chi connectivity index (χ4v) is 4.27. The van der Waals surface area contributed by atoms with Crippen LogP contribution in [0.5, 0.6) is 0 Å². The van der Waals surface area contributed by atoms with Crippen LogP contribution in [-0.2, 0) is 5.41 Å². The first kappa shape index (κ1) is 14.0. The van der Waals surface area contributed by atoms with Crippen molar-refractivity contribution in [2.75, 3.05) is 0 Å². The lowest BCUT2D eigenvalue weighted by molar-refractivity contribution is 0.660. The van der Waals surface area contributed by atoms with Gasteiger partial charge in [0, 0.05) is 8.99 Å². The van der Waals surface area contributed by atoms with Gasteiger partial charge in [-0.05, 0) is 68.1 Å². The molecule has 0 bridgehead atoms. The topological polar surface area (TPSA) is 0 Å². The molecule has 1 heteroatoms. The Hall–Kier alpha value is -1.61. The Morgan fingerprint density at radius 1 is 0.682 bits per heavy atom. The molecule has 0 heterocycles. The molecule has 1 aliphatic carbocycles. The molecule has 22 heavy (non-hydrogen) atoms. The predicted molar refractivity (Wildman–Crippen MR) is 102 cm³/mol. The molecule has 0 nitrogen and oxygen atoms in total. The summed E-state index contributed by atoms with van der Waals surface area (Å²) in [6, 6.07) is 24.3. The van der Waals surface area contributed by atoms with Crippen LogP contribution in [0.15, 0.2) is 66.7 Å². The normalized spacial score (nSPS) is 14.5. The summed E-state index contributed by atoms with van der Waals surface area (Å²) in [5, 5.41) is 0. The standard InChI is InChI=1S/C21H17I/c1-21(2)18-9-5-3-8-16(18)17-12-11-14(13-19(17)21)15-7-4-6-10-20(15)22/h3-13H,1-2H3. The second-order valence-corrected chi connectivity index (χ2v) is 7.57. The fourth-order valence-electron chi connectivity index (χ4n) is 3.57. The Labute approximate surface area is 145 Å². The SMILES string of the molecule is CC1(C)c2ccccc2-c2ccc(-c3ccccc3I)cc21. The number of fused-ring (bicyclic) bond motifs is 3. The largest absolute Gasteiger partial charge is 0.0619 e. The molecule has 1 aliphatic rings. The highest BCUT2D eigenvalue weighted by Crippen LogP contribution is 2.49. The van der Waals surface area contributed by atoms with Crippen LogP contribution in [0.2, 0.25) is 0 Å². The zero-order valence-corrected chi connectivity index (χ0v) is 14.9. The van der Waals surface area contributed by atoms with Crippen molar-refractivity contribution < 1.29 is 0 Å². The maximum atomic E-state index is 2.42. The van der Waals surface area contributed by atoms with Crippen molar-refractivity contribution in [3.63, 3.8) is 0 Å². The highest BCUT2D eigenvalue weighted by atomic mass is 127. The van der Waals surface area contributed by atoms with Gasteiger partial charge in [-0.1, -0.05) is 68.4 Å². The molecule has 0 fully saturated rings. The van der Waals surface area contributed by atoms with Crippen LogP contribution >= 0.6 is 22.6 Å². The predicted octanol–water partition coefficient (Wildman–Crippen LogP) is 6.26. The minimum Gasteiger partial charge on any atom is -0.0619 e. The van der Waals surface area contributed by atoms with Crippen molar-refractivity contribution in [1.82, 2.24) is 0 Å². The van der Waals surface area contributed by atoms with E-state index in [0.717, 1.165) is 0 Å². The molecule has 0 N–H and O–H groups in total. The average Bonchev–Trinajstić information content (AvgIpc) is 2.76. The van der Waals surface area contributed by atoms with Crippen LogP contribution in [-0.4, -0.2) is 0 Å². The van der Waals surface area contributed by atoms with Gasteiger partial charge in [-0.15, -0.1) is 0 Å². The first-order valence-corrected chi connectivity index (χ1v) is 8.66. The Morgan fingerprint density at radius 3 is 2.09 bits per heavy atom. The summed E-state index contributed by atoms with van der Waals surface area (Å²) in [6.07, 6.45) is 0. The molecule has 0 saturated carbocycles. The van der Waals surface area contributed by atoms with Gasteiger partial charge < -0.3 is 0 Å². The minimum atomic E-state index is 0.0716. The van der Waals surface area contributed by atoms with Gasteiger partial charge in [0.25, 0.3) is 0 Å². The summed E-state index contributed by atoms with van der Waals surface area (Å²) in [4.78, 5) is 0. The zero-order chi connectivity index (χ0) is 15.3. The Balaban J connectivity index is 1.95. The van der Waals surface area contributed by atoms with E-state index < -0.39 is 0 Å². The molecule has 0 saturated heterocycles. The third-order valence-electron chi connectivity index (χ3n) is 4.77. The average molecular weight is 396 g/mol. The van der Waals surface area contributed by atoms with Crippen LogP contribution < -0.4 is 0 Å². The Morgan fingerprint density at radius 2 is 1.32 bits per heavy atom. The molecule has 3 aromatic rings. The van der Waals surface area contributed by atoms with Crippen LogP contribution in [0.1, 0.15) is 25.0 Å². The molecule has 0 unspecified atom stereocenters. The molecule has 108 valence electrons. The lowest BCUT2D eigenvalue weighted by atomic mass is 9.81. The van der Waals surface area contributed by atoms with Crippen LogP contribution in [0.4, 0.5) is 0 Å². The molecule has 0 amide bonds. The molecule has 3 aromatic carbocycles. The summed E-state index contributed by atoms with van der Waals surface area (Å²) in [7, 11) is 0. The van der Waals surface area contributed by atoms with Crippen molar-refractivity contribution >= 4 is 22.6 Å². The first-order valence-electron chi connectivity index (χ1n) is 7.58. The van der Waals surface area contributed by atoms with E-state index in [1.165, 1.54) is 37.0 Å². The second kappa shape index (κ2) is 4.95. The quantitative estimate of drug-likeness (QED) is 0.426. The highest BCUT2D eigenvalue weighted by Gasteiger charge is 2.35. The summed E-state index contributed by atoms with van der Waals surface area (Å²) in [6.45, 7) is 4.66. The van der Waals surface area contributed by atoms with E-state index in [-0.39, 0.29) is 5.41 Å². The van der Waals surface area contributed by atoms with Crippen molar-refractivity contribution in [2.45, 2.75) is 19.3 Å². The Bertz CT molecular complexity index is 875. The van der Waals surface area contributed by atoms with E-state index in [9.17, 15) is 0 Å². The van der Waals surface area contributed by atoms with Crippen LogP contribution in [0.25, 0.3) is 22.3 Å². The van der Waals surface area contributed by atoms with Gasteiger partial charge in [-0.3, -0.25) is 0 Å². The van der Waals surface area contributed by atoms with Gasteiger partial charge in [-0.25, -0.2) is 0 Å². The van der Waals surface area contributed by atoms with Gasteiger partial charge in [0.05, 0.1) is 0 Å². The highest BCUT2D eigenvalue weighted by molar-refractivity contribution is 14.1. The minimum absolute atomic E-state index is 0.0716. The van der Waals surface area contributed by atoms with Gasteiger partial charge >= 0.3 is 0 Å². The summed E-state index contributed by atoms with van der Waals surface area (Å²) in [5.41, 5.74) is 8.34. The van der Waals surface area contributed by atoms with E-state index in [1.807, 2.05) is 0 Å². The van der Waals surface area contributed by atoms with Gasteiger partial charge in [-0.2, -0.15) is 0 Å². The number of halogens is 1. The monoisotopic (exact) mass is 396 g/mol. The molecule has 0 spiro atoms. The molecule has 4 rings (SSSR count). The number of benzene rings is 3. The summed E-state index contributed by atoms with van der Waals surface area (Å²) >= 11 is 2.42. The molecular formula is C21H17I.